The van der Waals surface area contributed by atoms with Gasteiger partial charge in [0.1, 0.15) is 28.1 Å². The standard InChI is InChI=1S/C22H25FN4O4S2/c1-3-15-11-24-22(25-12-15)27-8-6-16(7-9-27)21-26-17(14-32(21)28)13-31-18-4-5-20(19(23)10-18)33(2,29)30/h4-5,10-12,14,16H,3,6-9,13H2,1-2H3. The molecule has 1 unspecified atom stereocenters. The van der Waals surface area contributed by atoms with E-state index in [1.54, 1.807) is 5.41 Å². The number of aliphatic imine (C=N–C) groups is 1. The molecule has 3 heterocycles. The molecule has 4 rings (SSSR count). The van der Waals surface area contributed by atoms with Gasteiger partial charge in [-0.1, -0.05) is 6.92 Å². The minimum atomic E-state index is -3.65. The number of hydrogen-bond acceptors (Lipinski definition) is 8. The van der Waals surface area contributed by atoms with Crippen molar-refractivity contribution in [1.82, 2.24) is 9.97 Å². The summed E-state index contributed by atoms with van der Waals surface area (Å²) < 4.78 is 55.3. The summed E-state index contributed by atoms with van der Waals surface area (Å²) in [6.45, 7) is 3.59. The Kier molecular flexibility index (Phi) is 6.89. The van der Waals surface area contributed by atoms with Crippen LogP contribution in [0.5, 0.6) is 5.75 Å². The van der Waals surface area contributed by atoms with Crippen molar-refractivity contribution in [2.24, 2.45) is 10.9 Å². The number of benzene rings is 1. The normalized spacial score (nSPS) is 19.4. The van der Waals surface area contributed by atoms with Crippen LogP contribution < -0.4 is 9.64 Å². The van der Waals surface area contributed by atoms with Crippen LogP contribution in [0.1, 0.15) is 25.3 Å². The first-order valence-corrected chi connectivity index (χ1v) is 13.7. The van der Waals surface area contributed by atoms with Gasteiger partial charge in [-0.15, -0.1) is 0 Å². The topological polar surface area (TPSA) is 102 Å². The van der Waals surface area contributed by atoms with Crippen LogP contribution in [0.3, 0.4) is 0 Å². The predicted molar refractivity (Wildman–Crippen MR) is 125 cm³/mol. The predicted octanol–water partition coefficient (Wildman–Crippen LogP) is 2.88. The second kappa shape index (κ2) is 9.68. The van der Waals surface area contributed by atoms with Gasteiger partial charge in [0.15, 0.2) is 9.84 Å². The van der Waals surface area contributed by atoms with E-state index in [2.05, 4.69) is 26.8 Å². The number of rotatable bonds is 7. The largest absolute Gasteiger partial charge is 0.487 e. The number of piperidine rings is 1. The van der Waals surface area contributed by atoms with Gasteiger partial charge < -0.3 is 9.64 Å². The molecule has 1 fully saturated rings. The Morgan fingerprint density at radius 3 is 2.52 bits per heavy atom. The number of anilines is 1. The number of hydrogen-bond donors (Lipinski definition) is 0. The molecule has 1 aromatic heterocycles. The SMILES string of the molecule is CCc1cnc(N2CCC(C3=NC(COc4ccc(S(C)(=O)=O)c(F)c4)=CS3=O)CC2)nc1. The summed E-state index contributed by atoms with van der Waals surface area (Å²) >= 11 is 0. The van der Waals surface area contributed by atoms with Crippen LogP contribution >= 0.6 is 0 Å². The van der Waals surface area contributed by atoms with E-state index in [1.807, 2.05) is 12.4 Å². The average molecular weight is 493 g/mol. The molecule has 8 nitrogen and oxygen atoms in total. The van der Waals surface area contributed by atoms with Gasteiger partial charge in [-0.25, -0.2) is 32.0 Å². The molecule has 0 N–H and O–H groups in total. The van der Waals surface area contributed by atoms with E-state index in [-0.39, 0.29) is 23.2 Å². The maximum absolute atomic E-state index is 14.0. The monoisotopic (exact) mass is 492 g/mol. The van der Waals surface area contributed by atoms with Crippen LogP contribution in [-0.4, -0.2) is 53.6 Å². The van der Waals surface area contributed by atoms with Gasteiger partial charge in [0.2, 0.25) is 5.95 Å². The fraction of sp³-hybridized carbons (Fsp3) is 0.409. The lowest BCUT2D eigenvalue weighted by Gasteiger charge is -2.31. The second-order valence-electron chi connectivity index (χ2n) is 8.02. The number of ether oxygens (including phenoxy) is 1. The molecule has 176 valence electrons. The quantitative estimate of drug-likeness (QED) is 0.586. The lowest BCUT2D eigenvalue weighted by molar-refractivity contribution is 0.348. The minimum absolute atomic E-state index is 0.0172. The zero-order valence-corrected chi connectivity index (χ0v) is 20.0. The Morgan fingerprint density at radius 2 is 1.91 bits per heavy atom. The van der Waals surface area contributed by atoms with Crippen molar-refractivity contribution in [3.05, 3.63) is 53.1 Å². The maximum Gasteiger partial charge on any atom is 0.225 e. The van der Waals surface area contributed by atoms with Gasteiger partial charge in [-0.2, -0.15) is 0 Å². The van der Waals surface area contributed by atoms with Gasteiger partial charge in [0.05, 0.1) is 16.5 Å². The third-order valence-corrected chi connectivity index (χ3v) is 8.07. The zero-order valence-electron chi connectivity index (χ0n) is 18.4. The molecule has 2 aliphatic heterocycles. The summed E-state index contributed by atoms with van der Waals surface area (Å²) in [5.41, 5.74) is 1.61. The van der Waals surface area contributed by atoms with Crippen LogP contribution in [0.25, 0.3) is 0 Å². The van der Waals surface area contributed by atoms with Crippen LogP contribution in [0.2, 0.25) is 0 Å². The fourth-order valence-electron chi connectivity index (χ4n) is 3.77. The minimum Gasteiger partial charge on any atom is -0.487 e. The van der Waals surface area contributed by atoms with E-state index < -0.39 is 26.5 Å². The van der Waals surface area contributed by atoms with Gasteiger partial charge in [-0.3, -0.25) is 0 Å². The lowest BCUT2D eigenvalue weighted by atomic mass is 9.98. The van der Waals surface area contributed by atoms with Crippen molar-refractivity contribution in [1.29, 1.82) is 0 Å². The molecular formula is C22H25FN4O4S2. The Morgan fingerprint density at radius 1 is 1.21 bits per heavy atom. The lowest BCUT2D eigenvalue weighted by Crippen LogP contribution is -2.37. The van der Waals surface area contributed by atoms with Gasteiger partial charge in [-0.05, 0) is 37.0 Å². The highest BCUT2D eigenvalue weighted by Crippen LogP contribution is 2.28. The van der Waals surface area contributed by atoms with Crippen molar-refractivity contribution in [2.45, 2.75) is 31.1 Å². The van der Waals surface area contributed by atoms with Gasteiger partial charge >= 0.3 is 0 Å². The van der Waals surface area contributed by atoms with Crippen LogP contribution in [0, 0.1) is 11.7 Å². The number of aromatic nitrogens is 2. The van der Waals surface area contributed by atoms with Crippen molar-refractivity contribution < 1.29 is 21.8 Å². The van der Waals surface area contributed by atoms with Crippen molar-refractivity contribution in [3.63, 3.8) is 0 Å². The van der Waals surface area contributed by atoms with Gasteiger partial charge in [0, 0.05) is 49.1 Å². The highest BCUT2D eigenvalue weighted by Gasteiger charge is 2.30. The second-order valence-corrected chi connectivity index (χ2v) is 11.2. The first-order valence-electron chi connectivity index (χ1n) is 10.6. The molecule has 0 radical (unpaired) electrons. The Hall–Kier alpha value is -2.66. The summed E-state index contributed by atoms with van der Waals surface area (Å²) in [7, 11) is -4.97. The van der Waals surface area contributed by atoms with Crippen molar-refractivity contribution in [2.75, 3.05) is 30.9 Å². The van der Waals surface area contributed by atoms with E-state index in [0.717, 1.165) is 50.2 Å². The molecule has 33 heavy (non-hydrogen) atoms. The first kappa shape index (κ1) is 23.5. The van der Waals surface area contributed by atoms with E-state index in [1.165, 1.54) is 12.1 Å². The summed E-state index contributed by atoms with van der Waals surface area (Å²) in [6, 6.07) is 3.59. The molecule has 0 saturated carbocycles. The molecule has 1 atom stereocenters. The molecular weight excluding hydrogens is 467 g/mol. The molecule has 0 bridgehead atoms. The summed E-state index contributed by atoms with van der Waals surface area (Å²) in [6.07, 6.45) is 7.13. The van der Waals surface area contributed by atoms with E-state index in [0.29, 0.717) is 16.7 Å². The molecule has 1 aromatic carbocycles. The van der Waals surface area contributed by atoms with Crippen LogP contribution in [0.4, 0.5) is 10.3 Å². The molecule has 2 aliphatic rings. The molecule has 0 amide bonds. The Labute approximate surface area is 195 Å². The fourth-order valence-corrected chi connectivity index (χ4v) is 5.76. The van der Waals surface area contributed by atoms with Crippen LogP contribution in [0.15, 0.2) is 51.6 Å². The highest BCUT2D eigenvalue weighted by atomic mass is 32.2. The Balaban J connectivity index is 1.34. The zero-order chi connectivity index (χ0) is 23.6. The third kappa shape index (κ3) is 5.47. The number of nitrogens with zero attached hydrogens (tertiary/aromatic N) is 4. The molecule has 0 spiro atoms. The van der Waals surface area contributed by atoms with E-state index in [9.17, 15) is 17.0 Å². The summed E-state index contributed by atoms with van der Waals surface area (Å²) in [5, 5.41) is 2.18. The molecule has 2 aromatic rings. The third-order valence-electron chi connectivity index (χ3n) is 5.62. The first-order chi connectivity index (χ1) is 15.7. The Bertz CT molecular complexity index is 1220. The molecule has 11 heteroatoms. The number of halogens is 1. The van der Waals surface area contributed by atoms with E-state index >= 15 is 0 Å². The summed E-state index contributed by atoms with van der Waals surface area (Å²) in [4.78, 5) is 15.1. The molecule has 0 aliphatic carbocycles. The molecule has 1 saturated heterocycles. The van der Waals surface area contributed by atoms with E-state index in [4.69, 9.17) is 4.74 Å². The highest BCUT2D eigenvalue weighted by molar-refractivity contribution is 8.03. The maximum atomic E-state index is 14.0. The summed E-state index contributed by atoms with van der Waals surface area (Å²) in [5.74, 6) is 0.111. The van der Waals surface area contributed by atoms with Crippen molar-refractivity contribution >= 4 is 31.6 Å². The number of sulfone groups is 1. The average Bonchev–Trinajstić information content (AvgIpc) is 3.17. The van der Waals surface area contributed by atoms with Gasteiger partial charge in [0.25, 0.3) is 0 Å². The van der Waals surface area contributed by atoms with Crippen molar-refractivity contribution in [3.8, 4) is 5.75 Å². The van der Waals surface area contributed by atoms with Crippen LogP contribution in [-0.2, 0) is 27.1 Å². The smallest absolute Gasteiger partial charge is 0.225 e. The number of aryl methyl sites for hydroxylation is 1.